The maximum absolute atomic E-state index is 8.54. The van der Waals surface area contributed by atoms with Gasteiger partial charge in [-0.2, -0.15) is 5.26 Å². The van der Waals surface area contributed by atoms with Crippen LogP contribution in [0.25, 0.3) is 11.0 Å². The van der Waals surface area contributed by atoms with Gasteiger partial charge < -0.3 is 4.57 Å². The maximum atomic E-state index is 8.54. The van der Waals surface area contributed by atoms with Gasteiger partial charge in [0.05, 0.1) is 29.9 Å². The third-order valence-corrected chi connectivity index (χ3v) is 2.07. The van der Waals surface area contributed by atoms with Crippen molar-refractivity contribution in [1.29, 1.82) is 5.26 Å². The van der Waals surface area contributed by atoms with E-state index < -0.39 is 0 Å². The largest absolute Gasteiger partial charge is 0.334 e. The molecular weight excluding hydrogens is 162 g/mol. The zero-order chi connectivity index (χ0) is 9.26. The van der Waals surface area contributed by atoms with E-state index in [1.807, 2.05) is 29.8 Å². The Bertz CT molecular complexity index is 476. The molecule has 0 radical (unpaired) electrons. The number of nitriles is 1. The van der Waals surface area contributed by atoms with Gasteiger partial charge in [-0.15, -0.1) is 0 Å². The predicted octanol–water partition coefficient (Wildman–Crippen LogP) is 1.64. The Morgan fingerprint density at radius 1 is 1.54 bits per heavy atom. The summed E-state index contributed by atoms with van der Waals surface area (Å²) in [6.45, 7) is 0. The van der Waals surface area contributed by atoms with Gasteiger partial charge in [0.25, 0.3) is 0 Å². The average Bonchev–Trinajstić information content (AvgIpc) is 2.49. The smallest absolute Gasteiger partial charge is 0.0955 e. The van der Waals surface area contributed by atoms with Gasteiger partial charge in [0.15, 0.2) is 0 Å². The number of aryl methyl sites for hydroxylation is 1. The van der Waals surface area contributed by atoms with Crippen molar-refractivity contribution >= 4 is 11.0 Å². The predicted molar refractivity (Wildman–Crippen MR) is 50.0 cm³/mol. The number of hydrogen-bond donors (Lipinski definition) is 0. The van der Waals surface area contributed by atoms with Crippen LogP contribution in [0.1, 0.15) is 5.56 Å². The Hall–Kier alpha value is -1.82. The summed E-state index contributed by atoms with van der Waals surface area (Å²) in [5.74, 6) is 0. The summed E-state index contributed by atoms with van der Waals surface area (Å²) in [6.07, 6.45) is 2.24. The van der Waals surface area contributed by atoms with Gasteiger partial charge in [0.2, 0.25) is 0 Å². The number of hydrogen-bond acceptors (Lipinski definition) is 2. The van der Waals surface area contributed by atoms with Crippen LogP contribution in [0, 0.1) is 11.3 Å². The minimum atomic E-state index is 0.459. The van der Waals surface area contributed by atoms with Crippen LogP contribution in [0.3, 0.4) is 0 Å². The lowest BCUT2D eigenvalue weighted by Gasteiger charge is -1.96. The molecule has 1 aromatic carbocycles. The van der Waals surface area contributed by atoms with Crippen molar-refractivity contribution < 1.29 is 0 Å². The van der Waals surface area contributed by atoms with Crippen LogP contribution in [0.5, 0.6) is 0 Å². The topological polar surface area (TPSA) is 41.6 Å². The summed E-state index contributed by atoms with van der Waals surface area (Å²) in [5, 5.41) is 8.54. The van der Waals surface area contributed by atoms with Crippen LogP contribution < -0.4 is 0 Å². The average molecular weight is 171 g/mol. The van der Waals surface area contributed by atoms with Crippen LogP contribution >= 0.6 is 0 Å². The molecule has 0 spiro atoms. The van der Waals surface area contributed by atoms with E-state index in [1.165, 1.54) is 0 Å². The van der Waals surface area contributed by atoms with Gasteiger partial charge in [0, 0.05) is 7.05 Å². The maximum Gasteiger partial charge on any atom is 0.0955 e. The lowest BCUT2D eigenvalue weighted by molar-refractivity contribution is 0.946. The molecule has 0 saturated carbocycles. The molecule has 3 nitrogen and oxygen atoms in total. The minimum Gasteiger partial charge on any atom is -0.334 e. The summed E-state index contributed by atoms with van der Waals surface area (Å²) in [6, 6.07) is 8.03. The van der Waals surface area contributed by atoms with E-state index in [1.54, 1.807) is 6.33 Å². The number of rotatable bonds is 1. The molecule has 2 aromatic rings. The fraction of sp³-hybridized carbons (Fsp3) is 0.200. The molecule has 0 bridgehead atoms. The zero-order valence-corrected chi connectivity index (χ0v) is 7.36. The van der Waals surface area contributed by atoms with E-state index in [0.717, 1.165) is 16.6 Å². The van der Waals surface area contributed by atoms with Crippen molar-refractivity contribution in [2.24, 2.45) is 7.05 Å². The van der Waals surface area contributed by atoms with Crippen LogP contribution in [-0.2, 0) is 13.5 Å². The van der Waals surface area contributed by atoms with Crippen molar-refractivity contribution in [1.82, 2.24) is 9.55 Å². The second-order valence-electron chi connectivity index (χ2n) is 3.01. The highest BCUT2D eigenvalue weighted by Gasteiger charge is 1.99. The fourth-order valence-corrected chi connectivity index (χ4v) is 1.37. The second kappa shape index (κ2) is 2.91. The van der Waals surface area contributed by atoms with Gasteiger partial charge in [-0.3, -0.25) is 0 Å². The van der Waals surface area contributed by atoms with Gasteiger partial charge in [-0.1, -0.05) is 6.07 Å². The number of nitrogens with zero attached hydrogens (tertiary/aromatic N) is 3. The first-order chi connectivity index (χ1) is 6.31. The first-order valence-corrected chi connectivity index (χ1v) is 4.08. The van der Waals surface area contributed by atoms with Crippen molar-refractivity contribution in [2.75, 3.05) is 0 Å². The molecule has 0 fully saturated rings. The molecule has 0 aliphatic carbocycles. The number of imidazole rings is 1. The van der Waals surface area contributed by atoms with Crippen molar-refractivity contribution in [3.63, 3.8) is 0 Å². The van der Waals surface area contributed by atoms with E-state index in [2.05, 4.69) is 11.1 Å². The fourth-order valence-electron chi connectivity index (χ4n) is 1.37. The third-order valence-electron chi connectivity index (χ3n) is 2.07. The standard InChI is InChI=1S/C10H9N3/c1-13-7-12-9-3-2-8(4-5-11)6-10(9)13/h2-3,6-7H,4H2,1H3. The van der Waals surface area contributed by atoms with Crippen LogP contribution in [0.15, 0.2) is 24.5 Å². The third kappa shape index (κ3) is 1.27. The molecule has 0 N–H and O–H groups in total. The molecule has 1 heterocycles. The Kier molecular flexibility index (Phi) is 1.75. The summed E-state index contributed by atoms with van der Waals surface area (Å²) < 4.78 is 1.95. The molecular formula is C10H9N3. The molecule has 2 rings (SSSR count). The number of fused-ring (bicyclic) bond motifs is 1. The summed E-state index contributed by atoms with van der Waals surface area (Å²) in [5.41, 5.74) is 3.09. The summed E-state index contributed by atoms with van der Waals surface area (Å²) in [7, 11) is 1.95. The Morgan fingerprint density at radius 3 is 3.15 bits per heavy atom. The Morgan fingerprint density at radius 2 is 2.38 bits per heavy atom. The Balaban J connectivity index is 2.60. The molecule has 3 heteroatoms. The van der Waals surface area contributed by atoms with Crippen LogP contribution in [0.4, 0.5) is 0 Å². The quantitative estimate of drug-likeness (QED) is 0.654. The molecule has 0 aliphatic rings. The monoisotopic (exact) mass is 171 g/mol. The number of aromatic nitrogens is 2. The highest BCUT2D eigenvalue weighted by Crippen LogP contribution is 2.13. The van der Waals surface area contributed by atoms with Crippen LogP contribution in [0.2, 0.25) is 0 Å². The van der Waals surface area contributed by atoms with Crippen molar-refractivity contribution in [2.45, 2.75) is 6.42 Å². The second-order valence-corrected chi connectivity index (χ2v) is 3.01. The first-order valence-electron chi connectivity index (χ1n) is 4.08. The highest BCUT2D eigenvalue weighted by atomic mass is 15.0. The van der Waals surface area contributed by atoms with Gasteiger partial charge >= 0.3 is 0 Å². The van der Waals surface area contributed by atoms with Gasteiger partial charge in [0.1, 0.15) is 0 Å². The molecule has 0 unspecified atom stereocenters. The lowest BCUT2D eigenvalue weighted by Crippen LogP contribution is -1.86. The van der Waals surface area contributed by atoms with Crippen molar-refractivity contribution in [3.05, 3.63) is 30.1 Å². The SMILES string of the molecule is Cn1cnc2ccc(CC#N)cc21. The summed E-state index contributed by atoms with van der Waals surface area (Å²) in [4.78, 5) is 4.20. The molecule has 0 amide bonds. The van der Waals surface area contributed by atoms with E-state index in [-0.39, 0.29) is 0 Å². The molecule has 0 saturated heterocycles. The van der Waals surface area contributed by atoms with Crippen LogP contribution in [-0.4, -0.2) is 9.55 Å². The molecule has 64 valence electrons. The van der Waals surface area contributed by atoms with E-state index in [9.17, 15) is 0 Å². The van der Waals surface area contributed by atoms with Crippen molar-refractivity contribution in [3.8, 4) is 6.07 Å². The normalized spacial score (nSPS) is 10.2. The van der Waals surface area contributed by atoms with E-state index >= 15 is 0 Å². The first kappa shape index (κ1) is 7.81. The Labute approximate surface area is 76.2 Å². The molecule has 0 aliphatic heterocycles. The van der Waals surface area contributed by atoms with Gasteiger partial charge in [-0.25, -0.2) is 4.98 Å². The minimum absolute atomic E-state index is 0.459. The zero-order valence-electron chi connectivity index (χ0n) is 7.36. The highest BCUT2D eigenvalue weighted by molar-refractivity contribution is 5.76. The van der Waals surface area contributed by atoms with E-state index in [4.69, 9.17) is 5.26 Å². The number of benzene rings is 1. The molecule has 1 aromatic heterocycles. The lowest BCUT2D eigenvalue weighted by atomic mass is 10.1. The van der Waals surface area contributed by atoms with E-state index in [0.29, 0.717) is 6.42 Å². The summed E-state index contributed by atoms with van der Waals surface area (Å²) >= 11 is 0. The molecule has 13 heavy (non-hydrogen) atoms. The molecule has 0 atom stereocenters. The van der Waals surface area contributed by atoms with Gasteiger partial charge in [-0.05, 0) is 17.7 Å².